The summed E-state index contributed by atoms with van der Waals surface area (Å²) in [6, 6.07) is 7.73. The summed E-state index contributed by atoms with van der Waals surface area (Å²) in [5.74, 6) is 0.774. The van der Waals surface area contributed by atoms with Gasteiger partial charge in [0.2, 0.25) is 0 Å². The molecule has 0 saturated heterocycles. The van der Waals surface area contributed by atoms with Gasteiger partial charge in [-0.25, -0.2) is 4.98 Å². The van der Waals surface area contributed by atoms with E-state index in [0.717, 1.165) is 30.0 Å². The fourth-order valence-electron chi connectivity index (χ4n) is 2.05. The number of pyridine rings is 2. The van der Waals surface area contributed by atoms with Crippen molar-refractivity contribution in [1.82, 2.24) is 9.97 Å². The number of nitrogens with zero attached hydrogens (tertiary/aromatic N) is 2. The molecule has 20 heavy (non-hydrogen) atoms. The molecule has 0 bridgehead atoms. The first kappa shape index (κ1) is 14.3. The Morgan fingerprint density at radius 2 is 1.85 bits per heavy atom. The summed E-state index contributed by atoms with van der Waals surface area (Å²) in [6.07, 6.45) is 8.46. The zero-order chi connectivity index (χ0) is 14.2. The van der Waals surface area contributed by atoms with Gasteiger partial charge < -0.3 is 11.1 Å². The monoisotopic (exact) mass is 270 g/mol. The van der Waals surface area contributed by atoms with E-state index in [2.05, 4.69) is 22.2 Å². The zero-order valence-electron chi connectivity index (χ0n) is 12.0. The second-order valence-corrected chi connectivity index (χ2v) is 4.86. The van der Waals surface area contributed by atoms with Gasteiger partial charge in [-0.1, -0.05) is 26.2 Å². The average Bonchev–Trinajstić information content (AvgIpc) is 2.49. The molecule has 4 heteroatoms. The highest BCUT2D eigenvalue weighted by Crippen LogP contribution is 2.22. The van der Waals surface area contributed by atoms with Crippen molar-refractivity contribution in [3.8, 4) is 11.3 Å². The molecule has 0 amide bonds. The summed E-state index contributed by atoms with van der Waals surface area (Å²) in [7, 11) is 0. The van der Waals surface area contributed by atoms with Crippen LogP contribution in [0.5, 0.6) is 0 Å². The Hall–Kier alpha value is -2.10. The number of hydrogen-bond acceptors (Lipinski definition) is 4. The zero-order valence-corrected chi connectivity index (χ0v) is 12.0. The molecule has 2 aromatic rings. The Morgan fingerprint density at radius 1 is 1.05 bits per heavy atom. The van der Waals surface area contributed by atoms with Crippen LogP contribution in [0, 0.1) is 0 Å². The Kier molecular flexibility index (Phi) is 5.35. The van der Waals surface area contributed by atoms with Gasteiger partial charge in [-0.3, -0.25) is 4.98 Å². The fraction of sp³-hybridized carbons (Fsp3) is 0.375. The summed E-state index contributed by atoms with van der Waals surface area (Å²) >= 11 is 0. The lowest BCUT2D eigenvalue weighted by Gasteiger charge is -2.10. The molecule has 2 aromatic heterocycles. The normalized spacial score (nSPS) is 10.4. The van der Waals surface area contributed by atoms with Crippen molar-refractivity contribution in [2.75, 3.05) is 17.6 Å². The van der Waals surface area contributed by atoms with Gasteiger partial charge in [0.15, 0.2) is 0 Å². The molecule has 0 fully saturated rings. The van der Waals surface area contributed by atoms with Gasteiger partial charge in [0.1, 0.15) is 5.82 Å². The highest BCUT2D eigenvalue weighted by atomic mass is 15.0. The van der Waals surface area contributed by atoms with E-state index in [0.29, 0.717) is 5.69 Å². The number of rotatable bonds is 7. The van der Waals surface area contributed by atoms with Crippen LogP contribution in [-0.2, 0) is 0 Å². The number of unbranched alkanes of at least 4 members (excludes halogenated alkanes) is 3. The molecule has 4 nitrogen and oxygen atoms in total. The molecule has 0 aliphatic heterocycles. The number of aromatic nitrogens is 2. The quantitative estimate of drug-likeness (QED) is 0.753. The van der Waals surface area contributed by atoms with Crippen LogP contribution in [-0.4, -0.2) is 16.5 Å². The Balaban J connectivity index is 2.02. The topological polar surface area (TPSA) is 63.8 Å². The Labute approximate surface area is 120 Å². The second-order valence-electron chi connectivity index (χ2n) is 4.86. The van der Waals surface area contributed by atoms with Crippen molar-refractivity contribution in [2.45, 2.75) is 32.6 Å². The van der Waals surface area contributed by atoms with Crippen molar-refractivity contribution in [2.24, 2.45) is 0 Å². The smallest absolute Gasteiger partial charge is 0.149 e. The van der Waals surface area contributed by atoms with E-state index in [9.17, 15) is 0 Å². The van der Waals surface area contributed by atoms with E-state index in [1.54, 1.807) is 12.4 Å². The second kappa shape index (κ2) is 7.48. The summed E-state index contributed by atoms with van der Waals surface area (Å²) in [5, 5.41) is 3.33. The Morgan fingerprint density at radius 3 is 2.60 bits per heavy atom. The van der Waals surface area contributed by atoms with Crippen LogP contribution in [0.25, 0.3) is 11.3 Å². The molecule has 0 radical (unpaired) electrons. The third-order valence-corrected chi connectivity index (χ3v) is 3.23. The van der Waals surface area contributed by atoms with E-state index in [4.69, 9.17) is 5.73 Å². The van der Waals surface area contributed by atoms with Gasteiger partial charge in [-0.05, 0) is 30.7 Å². The molecule has 0 saturated carbocycles. The minimum Gasteiger partial charge on any atom is -0.396 e. The number of anilines is 2. The largest absolute Gasteiger partial charge is 0.396 e. The molecule has 0 aliphatic carbocycles. The van der Waals surface area contributed by atoms with E-state index in [-0.39, 0.29) is 0 Å². The molecule has 3 N–H and O–H groups in total. The molecular formula is C16H22N4. The molecule has 2 rings (SSSR count). The van der Waals surface area contributed by atoms with E-state index < -0.39 is 0 Å². The average molecular weight is 270 g/mol. The first-order valence-corrected chi connectivity index (χ1v) is 7.22. The molecule has 0 unspecified atom stereocenters. The van der Waals surface area contributed by atoms with Crippen molar-refractivity contribution < 1.29 is 0 Å². The predicted octanol–water partition coefficient (Wildman–Crippen LogP) is 3.72. The van der Waals surface area contributed by atoms with Gasteiger partial charge in [-0.15, -0.1) is 0 Å². The summed E-state index contributed by atoms with van der Waals surface area (Å²) in [5.41, 5.74) is 8.63. The van der Waals surface area contributed by atoms with Crippen molar-refractivity contribution in [1.29, 1.82) is 0 Å². The minimum absolute atomic E-state index is 0.693. The third kappa shape index (κ3) is 3.95. The van der Waals surface area contributed by atoms with E-state index >= 15 is 0 Å². The SMILES string of the molecule is CCCCCCNc1nc(-c2ccncc2)ccc1N. The molecule has 106 valence electrons. The maximum atomic E-state index is 5.97. The van der Waals surface area contributed by atoms with Gasteiger partial charge in [0.25, 0.3) is 0 Å². The van der Waals surface area contributed by atoms with E-state index in [1.165, 1.54) is 19.3 Å². The van der Waals surface area contributed by atoms with Gasteiger partial charge in [-0.2, -0.15) is 0 Å². The van der Waals surface area contributed by atoms with Crippen LogP contribution in [0.1, 0.15) is 32.6 Å². The fourth-order valence-corrected chi connectivity index (χ4v) is 2.05. The van der Waals surface area contributed by atoms with E-state index in [1.807, 2.05) is 24.3 Å². The first-order valence-electron chi connectivity index (χ1n) is 7.22. The lowest BCUT2D eigenvalue weighted by atomic mass is 10.1. The molecule has 2 heterocycles. The number of nitrogen functional groups attached to an aromatic ring is 1. The Bertz CT molecular complexity index is 525. The number of nitrogens with two attached hydrogens (primary N) is 1. The number of nitrogens with one attached hydrogen (secondary N) is 1. The lowest BCUT2D eigenvalue weighted by Crippen LogP contribution is -2.06. The van der Waals surface area contributed by atoms with Crippen LogP contribution >= 0.6 is 0 Å². The number of hydrogen-bond donors (Lipinski definition) is 2. The summed E-state index contributed by atoms with van der Waals surface area (Å²) in [6.45, 7) is 3.13. The van der Waals surface area contributed by atoms with Crippen LogP contribution in [0.3, 0.4) is 0 Å². The molecule has 0 aliphatic rings. The first-order chi connectivity index (χ1) is 9.81. The van der Waals surface area contributed by atoms with Crippen molar-refractivity contribution in [3.05, 3.63) is 36.7 Å². The highest BCUT2D eigenvalue weighted by Gasteiger charge is 2.04. The predicted molar refractivity (Wildman–Crippen MR) is 84.5 cm³/mol. The van der Waals surface area contributed by atoms with Crippen LogP contribution in [0.2, 0.25) is 0 Å². The summed E-state index contributed by atoms with van der Waals surface area (Å²) < 4.78 is 0. The molecular weight excluding hydrogens is 248 g/mol. The standard InChI is InChI=1S/C16H22N4/c1-2-3-4-5-10-19-16-14(17)6-7-15(20-16)13-8-11-18-12-9-13/h6-9,11-12H,2-5,10,17H2,1H3,(H,19,20). The third-order valence-electron chi connectivity index (χ3n) is 3.23. The van der Waals surface area contributed by atoms with Crippen LogP contribution in [0.4, 0.5) is 11.5 Å². The molecule has 0 spiro atoms. The van der Waals surface area contributed by atoms with Crippen molar-refractivity contribution in [3.63, 3.8) is 0 Å². The summed E-state index contributed by atoms with van der Waals surface area (Å²) in [4.78, 5) is 8.62. The van der Waals surface area contributed by atoms with Gasteiger partial charge in [0, 0.05) is 24.5 Å². The minimum atomic E-state index is 0.693. The lowest BCUT2D eigenvalue weighted by molar-refractivity contribution is 0.684. The van der Waals surface area contributed by atoms with Crippen molar-refractivity contribution >= 4 is 11.5 Å². The molecule has 0 aromatic carbocycles. The van der Waals surface area contributed by atoms with Crippen LogP contribution < -0.4 is 11.1 Å². The maximum absolute atomic E-state index is 5.97. The van der Waals surface area contributed by atoms with Gasteiger partial charge >= 0.3 is 0 Å². The molecule has 0 atom stereocenters. The van der Waals surface area contributed by atoms with Crippen LogP contribution in [0.15, 0.2) is 36.7 Å². The van der Waals surface area contributed by atoms with Gasteiger partial charge in [0.05, 0.1) is 11.4 Å². The highest BCUT2D eigenvalue weighted by molar-refractivity contribution is 5.68. The maximum Gasteiger partial charge on any atom is 0.149 e.